The van der Waals surface area contributed by atoms with E-state index in [4.69, 9.17) is 10.00 Å². The van der Waals surface area contributed by atoms with Gasteiger partial charge < -0.3 is 15.4 Å². The summed E-state index contributed by atoms with van der Waals surface area (Å²) >= 11 is 0. The molecule has 1 rings (SSSR count). The second-order valence-corrected chi connectivity index (χ2v) is 5.28. The number of nitrogens with zero attached hydrogens (tertiary/aromatic N) is 3. The Morgan fingerprint density at radius 2 is 2.18 bits per heavy atom. The number of alkyl carbamates (subject to hydrolysis) is 1. The maximum atomic E-state index is 11.4. The number of hydrogen-bond donors (Lipinski definition) is 2. The van der Waals surface area contributed by atoms with Crippen LogP contribution in [0, 0.1) is 21.4 Å². The van der Waals surface area contributed by atoms with Crippen LogP contribution in [0.15, 0.2) is 12.3 Å². The number of aromatic nitrogens is 1. The molecule has 0 spiro atoms. The molecule has 9 nitrogen and oxygen atoms in total. The van der Waals surface area contributed by atoms with E-state index in [2.05, 4.69) is 15.6 Å². The lowest BCUT2D eigenvalue weighted by Crippen LogP contribution is -2.35. The second-order valence-electron chi connectivity index (χ2n) is 5.28. The molecule has 0 aliphatic heterocycles. The van der Waals surface area contributed by atoms with Crippen LogP contribution in [-0.4, -0.2) is 34.7 Å². The lowest BCUT2D eigenvalue weighted by Gasteiger charge is -2.19. The number of hydrogen-bond acceptors (Lipinski definition) is 7. The largest absolute Gasteiger partial charge is 0.444 e. The van der Waals surface area contributed by atoms with Gasteiger partial charge in [0.25, 0.3) is 0 Å². The fraction of sp³-hybridized carbons (Fsp3) is 0.462. The Morgan fingerprint density at radius 1 is 1.50 bits per heavy atom. The standard InChI is InChI=1S/C13H17N5O4/c1-13(2,3)22-12(19)17-7-6-16-11-10(18(20)21)9(8-14)4-5-15-11/h4-5H,6-7H2,1-3H3,(H,15,16)(H,17,19). The molecule has 1 heterocycles. The van der Waals surface area contributed by atoms with Crippen LogP contribution in [0.5, 0.6) is 0 Å². The van der Waals surface area contributed by atoms with Crippen LogP contribution in [0.2, 0.25) is 0 Å². The number of nitro groups is 1. The van der Waals surface area contributed by atoms with E-state index in [9.17, 15) is 14.9 Å². The molecule has 1 aromatic heterocycles. The van der Waals surface area contributed by atoms with Crippen LogP contribution < -0.4 is 10.6 Å². The number of anilines is 1. The van der Waals surface area contributed by atoms with Crippen molar-refractivity contribution >= 4 is 17.6 Å². The molecule has 0 unspecified atom stereocenters. The molecule has 0 radical (unpaired) electrons. The summed E-state index contributed by atoms with van der Waals surface area (Å²) in [6.07, 6.45) is 0.720. The molecule has 0 atom stereocenters. The molecule has 0 bridgehead atoms. The zero-order chi connectivity index (χ0) is 16.8. The minimum absolute atomic E-state index is 0.0185. The van der Waals surface area contributed by atoms with E-state index >= 15 is 0 Å². The van der Waals surface area contributed by atoms with Crippen molar-refractivity contribution in [3.63, 3.8) is 0 Å². The van der Waals surface area contributed by atoms with Gasteiger partial charge in [0.15, 0.2) is 0 Å². The van der Waals surface area contributed by atoms with Gasteiger partial charge in [-0.15, -0.1) is 0 Å². The average molecular weight is 307 g/mol. The summed E-state index contributed by atoms with van der Waals surface area (Å²) in [4.78, 5) is 25.6. The first-order valence-corrected chi connectivity index (χ1v) is 6.49. The first-order chi connectivity index (χ1) is 10.2. The van der Waals surface area contributed by atoms with Crippen molar-refractivity contribution in [1.29, 1.82) is 5.26 Å². The van der Waals surface area contributed by atoms with Crippen molar-refractivity contribution < 1.29 is 14.5 Å². The van der Waals surface area contributed by atoms with Gasteiger partial charge in [0.2, 0.25) is 5.82 Å². The summed E-state index contributed by atoms with van der Waals surface area (Å²) < 4.78 is 5.04. The summed E-state index contributed by atoms with van der Waals surface area (Å²) in [7, 11) is 0. The quantitative estimate of drug-likeness (QED) is 0.481. The number of carbonyl (C=O) groups is 1. The van der Waals surface area contributed by atoms with E-state index < -0.39 is 16.6 Å². The molecule has 0 fully saturated rings. The summed E-state index contributed by atoms with van der Waals surface area (Å²) in [5.74, 6) is -0.0185. The molecular formula is C13H17N5O4. The Kier molecular flexibility index (Phi) is 5.63. The highest BCUT2D eigenvalue weighted by atomic mass is 16.6. The molecule has 22 heavy (non-hydrogen) atoms. The number of amides is 1. The minimum Gasteiger partial charge on any atom is -0.444 e. The summed E-state index contributed by atoms with van der Waals surface area (Å²) in [5, 5.41) is 25.1. The Bertz CT molecular complexity index is 603. The number of nitrogens with one attached hydrogen (secondary N) is 2. The van der Waals surface area contributed by atoms with Gasteiger partial charge in [-0.3, -0.25) is 10.1 Å². The summed E-state index contributed by atoms with van der Waals surface area (Å²) in [6.45, 7) is 5.61. The number of nitriles is 1. The predicted molar refractivity (Wildman–Crippen MR) is 78.3 cm³/mol. The Balaban J connectivity index is 2.58. The maximum absolute atomic E-state index is 11.4. The average Bonchev–Trinajstić information content (AvgIpc) is 2.41. The number of ether oxygens (including phenoxy) is 1. The van der Waals surface area contributed by atoms with Crippen molar-refractivity contribution in [2.75, 3.05) is 18.4 Å². The van der Waals surface area contributed by atoms with Crippen molar-refractivity contribution in [1.82, 2.24) is 10.3 Å². The van der Waals surface area contributed by atoms with Gasteiger partial charge in [-0.2, -0.15) is 5.26 Å². The van der Waals surface area contributed by atoms with E-state index in [-0.39, 0.29) is 30.2 Å². The van der Waals surface area contributed by atoms with Crippen molar-refractivity contribution in [2.24, 2.45) is 0 Å². The van der Waals surface area contributed by atoms with Gasteiger partial charge in [-0.1, -0.05) is 0 Å². The van der Waals surface area contributed by atoms with Gasteiger partial charge in [0.1, 0.15) is 17.2 Å². The SMILES string of the molecule is CC(C)(C)OC(=O)NCCNc1nccc(C#N)c1[N+](=O)[O-]. The topological polar surface area (TPSA) is 130 Å². The molecule has 1 amide bonds. The zero-order valence-corrected chi connectivity index (χ0v) is 12.5. The zero-order valence-electron chi connectivity index (χ0n) is 12.5. The fourth-order valence-electron chi connectivity index (χ4n) is 1.52. The lowest BCUT2D eigenvalue weighted by atomic mass is 10.2. The molecule has 0 aromatic carbocycles. The van der Waals surface area contributed by atoms with Crippen LogP contribution >= 0.6 is 0 Å². The van der Waals surface area contributed by atoms with E-state index in [1.807, 2.05) is 0 Å². The molecule has 0 aliphatic rings. The fourth-order valence-corrected chi connectivity index (χ4v) is 1.52. The van der Waals surface area contributed by atoms with E-state index in [0.717, 1.165) is 0 Å². The monoisotopic (exact) mass is 307 g/mol. The third-order valence-electron chi connectivity index (χ3n) is 2.31. The molecule has 1 aromatic rings. The normalized spacial score (nSPS) is 10.5. The highest BCUT2D eigenvalue weighted by molar-refractivity contribution is 5.68. The van der Waals surface area contributed by atoms with Gasteiger partial charge in [-0.05, 0) is 26.8 Å². The molecule has 2 N–H and O–H groups in total. The number of pyridine rings is 1. The molecule has 0 saturated carbocycles. The van der Waals surface area contributed by atoms with E-state index in [0.29, 0.717) is 0 Å². The van der Waals surface area contributed by atoms with Gasteiger partial charge >= 0.3 is 11.8 Å². The lowest BCUT2D eigenvalue weighted by molar-refractivity contribution is -0.384. The first kappa shape index (κ1) is 17.2. The van der Waals surface area contributed by atoms with Gasteiger partial charge in [0.05, 0.1) is 4.92 Å². The Morgan fingerprint density at radius 3 is 2.73 bits per heavy atom. The smallest absolute Gasteiger partial charge is 0.407 e. The second kappa shape index (κ2) is 7.21. The molecular weight excluding hydrogens is 290 g/mol. The van der Waals surface area contributed by atoms with E-state index in [1.165, 1.54) is 12.3 Å². The Labute approximate surface area is 127 Å². The number of carbonyl (C=O) groups excluding carboxylic acids is 1. The molecule has 118 valence electrons. The Hall–Kier alpha value is -2.89. The van der Waals surface area contributed by atoms with Gasteiger partial charge in [-0.25, -0.2) is 9.78 Å². The summed E-state index contributed by atoms with van der Waals surface area (Å²) in [6, 6.07) is 3.01. The van der Waals surface area contributed by atoms with Crippen LogP contribution in [-0.2, 0) is 4.74 Å². The van der Waals surface area contributed by atoms with Crippen LogP contribution in [0.3, 0.4) is 0 Å². The van der Waals surface area contributed by atoms with Crippen LogP contribution in [0.4, 0.5) is 16.3 Å². The van der Waals surface area contributed by atoms with Crippen LogP contribution in [0.25, 0.3) is 0 Å². The van der Waals surface area contributed by atoms with Gasteiger partial charge in [0, 0.05) is 19.3 Å². The number of rotatable bonds is 5. The summed E-state index contributed by atoms with van der Waals surface area (Å²) in [5.41, 5.74) is -1.07. The minimum atomic E-state index is -0.671. The maximum Gasteiger partial charge on any atom is 0.407 e. The molecule has 9 heteroatoms. The first-order valence-electron chi connectivity index (χ1n) is 6.49. The predicted octanol–water partition coefficient (Wildman–Crippen LogP) is 1.80. The third-order valence-corrected chi connectivity index (χ3v) is 2.31. The van der Waals surface area contributed by atoms with Crippen molar-refractivity contribution in [3.05, 3.63) is 27.9 Å². The molecule has 0 aliphatic carbocycles. The highest BCUT2D eigenvalue weighted by Gasteiger charge is 2.21. The van der Waals surface area contributed by atoms with Crippen molar-refractivity contribution in [2.45, 2.75) is 26.4 Å². The molecule has 0 saturated heterocycles. The van der Waals surface area contributed by atoms with Crippen molar-refractivity contribution in [3.8, 4) is 6.07 Å². The third kappa shape index (κ3) is 5.24. The highest BCUT2D eigenvalue weighted by Crippen LogP contribution is 2.25. The van der Waals surface area contributed by atoms with E-state index in [1.54, 1.807) is 26.8 Å². The van der Waals surface area contributed by atoms with Crippen LogP contribution in [0.1, 0.15) is 26.3 Å².